The molecule has 0 bridgehead atoms. The molecule has 1 atom stereocenters. The number of alkyl halides is 3. The van der Waals surface area contributed by atoms with Crippen molar-refractivity contribution >= 4 is 5.91 Å². The largest absolute Gasteiger partial charge is 0.416 e. The molecule has 2 rings (SSSR count). The molecule has 0 spiro atoms. The van der Waals surface area contributed by atoms with Crippen molar-refractivity contribution in [3.05, 3.63) is 35.4 Å². The molecule has 1 fully saturated rings. The monoisotopic (exact) mass is 329 g/mol. The second kappa shape index (κ2) is 6.51. The van der Waals surface area contributed by atoms with Gasteiger partial charge in [0.25, 0.3) is 0 Å². The second-order valence-electron chi connectivity index (χ2n) is 6.45. The first-order chi connectivity index (χ1) is 10.6. The molecule has 3 nitrogen and oxygen atoms in total. The van der Waals surface area contributed by atoms with E-state index in [1.165, 1.54) is 17.0 Å². The molecular weight excluding hydrogens is 307 g/mol. The quantitative estimate of drug-likeness (QED) is 0.921. The van der Waals surface area contributed by atoms with Crippen LogP contribution < -0.4 is 0 Å². The molecule has 0 radical (unpaired) electrons. The van der Waals surface area contributed by atoms with Crippen LogP contribution >= 0.6 is 0 Å². The Balaban J connectivity index is 2.48. The van der Waals surface area contributed by atoms with E-state index in [-0.39, 0.29) is 11.5 Å². The van der Waals surface area contributed by atoms with Gasteiger partial charge < -0.3 is 10.0 Å². The number of amides is 1. The summed E-state index contributed by atoms with van der Waals surface area (Å²) in [4.78, 5) is 13.9. The van der Waals surface area contributed by atoms with Crippen molar-refractivity contribution in [3.8, 4) is 0 Å². The zero-order valence-corrected chi connectivity index (χ0v) is 13.4. The second-order valence-corrected chi connectivity index (χ2v) is 6.45. The van der Waals surface area contributed by atoms with Crippen LogP contribution in [0.5, 0.6) is 0 Å². The van der Waals surface area contributed by atoms with Crippen LogP contribution in [0.4, 0.5) is 13.2 Å². The molecule has 23 heavy (non-hydrogen) atoms. The van der Waals surface area contributed by atoms with Gasteiger partial charge in [-0.25, -0.2) is 0 Å². The molecule has 1 amide bonds. The Morgan fingerprint density at radius 2 is 1.83 bits per heavy atom. The maximum Gasteiger partial charge on any atom is 0.416 e. The number of carbonyl (C=O) groups is 1. The summed E-state index contributed by atoms with van der Waals surface area (Å²) in [5, 5.41) is 11.0. The van der Waals surface area contributed by atoms with Crippen molar-refractivity contribution in [2.45, 2.75) is 49.8 Å². The molecule has 1 N–H and O–H groups in total. The average Bonchev–Trinajstić information content (AvgIpc) is 2.47. The van der Waals surface area contributed by atoms with Gasteiger partial charge in [-0.3, -0.25) is 4.79 Å². The molecule has 0 aliphatic heterocycles. The Hall–Kier alpha value is -1.56. The minimum absolute atomic E-state index is 0.225. The summed E-state index contributed by atoms with van der Waals surface area (Å²) in [6.45, 7) is 0. The zero-order chi connectivity index (χ0) is 17.3. The maximum atomic E-state index is 13.0. The van der Waals surface area contributed by atoms with E-state index in [4.69, 9.17) is 0 Å². The molecule has 1 aliphatic carbocycles. The molecule has 1 saturated carbocycles. The third kappa shape index (κ3) is 3.86. The third-order valence-corrected chi connectivity index (χ3v) is 4.49. The lowest BCUT2D eigenvalue weighted by molar-refractivity contribution is -0.140. The van der Waals surface area contributed by atoms with Crippen molar-refractivity contribution in [3.63, 3.8) is 0 Å². The van der Waals surface area contributed by atoms with Crippen molar-refractivity contribution in [2.75, 3.05) is 14.1 Å². The van der Waals surface area contributed by atoms with Crippen LogP contribution in [-0.2, 0) is 11.0 Å². The van der Waals surface area contributed by atoms with Gasteiger partial charge in [0.2, 0.25) is 5.91 Å². The number of hydrogen-bond donors (Lipinski definition) is 1. The van der Waals surface area contributed by atoms with Crippen LogP contribution in [0.3, 0.4) is 0 Å². The molecule has 1 aromatic rings. The van der Waals surface area contributed by atoms with Crippen LogP contribution in [0, 0.1) is 0 Å². The summed E-state index contributed by atoms with van der Waals surface area (Å²) >= 11 is 0. The van der Waals surface area contributed by atoms with E-state index in [1.807, 2.05) is 0 Å². The first-order valence-electron chi connectivity index (χ1n) is 7.76. The number of halogens is 3. The van der Waals surface area contributed by atoms with Gasteiger partial charge in [0.05, 0.1) is 17.1 Å². The summed E-state index contributed by atoms with van der Waals surface area (Å²) in [7, 11) is 3.10. The molecule has 1 aliphatic rings. The fraction of sp³-hybridized carbons (Fsp3) is 0.588. The Labute approximate surface area is 134 Å². The summed E-state index contributed by atoms with van der Waals surface area (Å²) in [6, 6.07) is 4.75. The van der Waals surface area contributed by atoms with Gasteiger partial charge >= 0.3 is 6.18 Å². The van der Waals surface area contributed by atoms with Gasteiger partial charge in [0.15, 0.2) is 0 Å². The summed E-state index contributed by atoms with van der Waals surface area (Å²) in [5.74, 6) is -1.34. The lowest BCUT2D eigenvalue weighted by atomic mass is 9.72. The molecular formula is C17H22F3NO2. The van der Waals surface area contributed by atoms with E-state index in [9.17, 15) is 23.1 Å². The van der Waals surface area contributed by atoms with Gasteiger partial charge in [0, 0.05) is 14.1 Å². The van der Waals surface area contributed by atoms with Crippen LogP contribution in [0.2, 0.25) is 0 Å². The van der Waals surface area contributed by atoms with Crippen molar-refractivity contribution in [2.24, 2.45) is 0 Å². The van der Waals surface area contributed by atoms with E-state index in [1.54, 1.807) is 14.1 Å². The van der Waals surface area contributed by atoms with Gasteiger partial charge in [-0.2, -0.15) is 13.2 Å². The summed E-state index contributed by atoms with van der Waals surface area (Å²) < 4.78 is 38.9. The Morgan fingerprint density at radius 3 is 2.35 bits per heavy atom. The highest BCUT2D eigenvalue weighted by atomic mass is 19.4. The minimum atomic E-state index is -4.48. The maximum absolute atomic E-state index is 13.0. The number of hydrogen-bond acceptors (Lipinski definition) is 2. The molecule has 0 saturated heterocycles. The molecule has 0 heterocycles. The Kier molecular flexibility index (Phi) is 5.04. The highest BCUT2D eigenvalue weighted by molar-refractivity contribution is 5.85. The number of likely N-dealkylation sites (N-methyl/N-ethyl adjacent to an activating group) is 1. The van der Waals surface area contributed by atoms with Crippen molar-refractivity contribution in [1.29, 1.82) is 0 Å². The smallest absolute Gasteiger partial charge is 0.389 e. The predicted octanol–water partition coefficient (Wildman–Crippen LogP) is 3.57. The first-order valence-corrected chi connectivity index (χ1v) is 7.76. The SMILES string of the molecule is CN(C)C(=O)C(c1cccc(C(F)(F)F)c1)C1(O)CCCCC1. The lowest BCUT2D eigenvalue weighted by Crippen LogP contribution is -2.46. The van der Waals surface area contributed by atoms with Crippen LogP contribution in [-0.4, -0.2) is 35.6 Å². The normalized spacial score (nSPS) is 19.2. The number of carbonyl (C=O) groups excluding carboxylic acids is 1. The van der Waals surface area contributed by atoms with E-state index in [2.05, 4.69) is 0 Å². The van der Waals surface area contributed by atoms with E-state index in [0.717, 1.165) is 31.4 Å². The molecule has 128 valence electrons. The predicted molar refractivity (Wildman–Crippen MR) is 80.9 cm³/mol. The molecule has 0 aromatic heterocycles. The zero-order valence-electron chi connectivity index (χ0n) is 13.4. The minimum Gasteiger partial charge on any atom is -0.389 e. The lowest BCUT2D eigenvalue weighted by Gasteiger charge is -2.39. The number of aliphatic hydroxyl groups is 1. The fourth-order valence-electron chi connectivity index (χ4n) is 3.29. The summed E-state index contributed by atoms with van der Waals surface area (Å²) in [5.41, 5.74) is -1.86. The molecule has 6 heteroatoms. The van der Waals surface area contributed by atoms with Gasteiger partial charge in [-0.15, -0.1) is 0 Å². The summed E-state index contributed by atoms with van der Waals surface area (Å²) in [6.07, 6.45) is -1.12. The number of nitrogens with zero attached hydrogens (tertiary/aromatic N) is 1. The van der Waals surface area contributed by atoms with Gasteiger partial charge in [-0.05, 0) is 24.5 Å². The molecule has 1 aromatic carbocycles. The van der Waals surface area contributed by atoms with Crippen LogP contribution in [0.25, 0.3) is 0 Å². The van der Waals surface area contributed by atoms with Crippen molar-refractivity contribution < 1.29 is 23.1 Å². The third-order valence-electron chi connectivity index (χ3n) is 4.49. The molecule has 1 unspecified atom stereocenters. The number of benzene rings is 1. The van der Waals surface area contributed by atoms with Gasteiger partial charge in [0.1, 0.15) is 0 Å². The highest BCUT2D eigenvalue weighted by Gasteiger charge is 2.44. The first kappa shape index (κ1) is 17.8. The van der Waals surface area contributed by atoms with Crippen molar-refractivity contribution in [1.82, 2.24) is 4.90 Å². The Morgan fingerprint density at radius 1 is 1.22 bits per heavy atom. The van der Waals surface area contributed by atoms with Gasteiger partial charge in [-0.1, -0.05) is 37.5 Å². The fourth-order valence-corrected chi connectivity index (χ4v) is 3.29. The van der Waals surface area contributed by atoms with Crippen LogP contribution in [0.15, 0.2) is 24.3 Å². The van der Waals surface area contributed by atoms with Crippen LogP contribution in [0.1, 0.15) is 49.1 Å². The van der Waals surface area contributed by atoms with E-state index >= 15 is 0 Å². The standard InChI is InChI=1S/C17H22F3NO2/c1-21(2)15(22)14(16(23)9-4-3-5-10-16)12-7-6-8-13(11-12)17(18,19)20/h6-8,11,14,23H,3-5,9-10H2,1-2H3. The Bertz CT molecular complexity index is 563. The van der Waals surface area contributed by atoms with E-state index < -0.39 is 23.3 Å². The topological polar surface area (TPSA) is 40.5 Å². The average molecular weight is 329 g/mol. The van der Waals surface area contributed by atoms with E-state index in [0.29, 0.717) is 12.8 Å². The number of rotatable bonds is 3. The highest BCUT2D eigenvalue weighted by Crippen LogP contribution is 2.42.